The molecule has 14 heteroatoms. The fourth-order valence-electron chi connectivity index (χ4n) is 6.19. The second-order valence-electron chi connectivity index (χ2n) is 11.0. The normalized spacial score (nSPS) is 20.4. The van der Waals surface area contributed by atoms with E-state index in [2.05, 4.69) is 0 Å². The molecule has 0 spiro atoms. The van der Waals surface area contributed by atoms with Crippen LogP contribution in [-0.2, 0) is 4.74 Å². The van der Waals surface area contributed by atoms with Gasteiger partial charge in [0.25, 0.3) is 23.0 Å². The smallest absolute Gasteiger partial charge is 0.293 e. The summed E-state index contributed by atoms with van der Waals surface area (Å²) in [6, 6.07) is 15.9. The first-order chi connectivity index (χ1) is 21.7. The van der Waals surface area contributed by atoms with Gasteiger partial charge >= 0.3 is 0 Å². The SMILES string of the molecule is O=C(c1ccc(N2CCOCC2)c([N+](=O)[O-])c1)N1N=C2/C(=C\c3ccc([N+](=O)[O-])cc3)CCC[C@@H]2[C@H]1c1ccc([N+](=O)[O-])cc1. The second kappa shape index (κ2) is 12.2. The Labute approximate surface area is 256 Å². The maximum Gasteiger partial charge on any atom is 0.293 e. The Bertz CT molecular complexity index is 1730. The minimum Gasteiger partial charge on any atom is -0.378 e. The number of rotatable bonds is 7. The predicted molar refractivity (Wildman–Crippen MR) is 164 cm³/mol. The Morgan fingerprint density at radius 2 is 1.51 bits per heavy atom. The van der Waals surface area contributed by atoms with Crippen molar-refractivity contribution in [2.24, 2.45) is 11.0 Å². The molecule has 0 unspecified atom stereocenters. The molecule has 0 bridgehead atoms. The molecule has 0 radical (unpaired) electrons. The largest absolute Gasteiger partial charge is 0.378 e. The van der Waals surface area contributed by atoms with Gasteiger partial charge in [0.15, 0.2) is 0 Å². The minimum atomic E-state index is -0.605. The molecule has 0 N–H and O–H groups in total. The molecule has 230 valence electrons. The Morgan fingerprint density at radius 1 is 0.867 bits per heavy atom. The summed E-state index contributed by atoms with van der Waals surface area (Å²) >= 11 is 0. The lowest BCUT2D eigenvalue weighted by molar-refractivity contribution is -0.385. The van der Waals surface area contributed by atoms with Crippen molar-refractivity contribution in [3.63, 3.8) is 0 Å². The number of nitro groups is 3. The molecular formula is C31H28N6O8. The zero-order chi connectivity index (χ0) is 31.7. The average molecular weight is 613 g/mol. The van der Waals surface area contributed by atoms with Crippen molar-refractivity contribution in [2.45, 2.75) is 25.3 Å². The Kier molecular flexibility index (Phi) is 8.04. The van der Waals surface area contributed by atoms with Crippen LogP contribution < -0.4 is 4.90 Å². The number of anilines is 1. The highest BCUT2D eigenvalue weighted by molar-refractivity contribution is 6.09. The van der Waals surface area contributed by atoms with Crippen molar-refractivity contribution in [2.75, 3.05) is 31.2 Å². The number of hydrogen-bond acceptors (Lipinski definition) is 10. The van der Waals surface area contributed by atoms with Crippen LogP contribution in [0.15, 0.2) is 77.4 Å². The summed E-state index contributed by atoms with van der Waals surface area (Å²) in [7, 11) is 0. The number of non-ortho nitro benzene ring substituents is 2. The molecule has 0 aromatic heterocycles. The number of ether oxygens (including phenoxy) is 1. The third-order valence-electron chi connectivity index (χ3n) is 8.37. The number of benzene rings is 3. The van der Waals surface area contributed by atoms with Crippen LogP contribution in [0.4, 0.5) is 22.7 Å². The average Bonchev–Trinajstić information content (AvgIpc) is 3.45. The molecule has 2 aliphatic heterocycles. The van der Waals surface area contributed by atoms with E-state index in [1.54, 1.807) is 36.4 Å². The van der Waals surface area contributed by atoms with Crippen molar-refractivity contribution < 1.29 is 24.3 Å². The van der Waals surface area contributed by atoms with Crippen LogP contribution in [0.3, 0.4) is 0 Å². The molecule has 1 amide bonds. The summed E-state index contributed by atoms with van der Waals surface area (Å²) < 4.78 is 5.38. The Morgan fingerprint density at radius 3 is 2.13 bits per heavy atom. The van der Waals surface area contributed by atoms with Gasteiger partial charge in [0.05, 0.1) is 39.7 Å². The van der Waals surface area contributed by atoms with E-state index in [0.29, 0.717) is 56.1 Å². The first-order valence-corrected chi connectivity index (χ1v) is 14.4. The van der Waals surface area contributed by atoms with Gasteiger partial charge in [-0.25, -0.2) is 5.01 Å². The zero-order valence-electron chi connectivity index (χ0n) is 24.0. The molecule has 2 heterocycles. The summed E-state index contributed by atoms with van der Waals surface area (Å²) in [5.41, 5.74) is 3.12. The number of carbonyl (C=O) groups is 1. The lowest BCUT2D eigenvalue weighted by atomic mass is 9.77. The van der Waals surface area contributed by atoms with E-state index in [1.807, 2.05) is 11.0 Å². The van der Waals surface area contributed by atoms with E-state index < -0.39 is 26.7 Å². The molecule has 1 saturated heterocycles. The first-order valence-electron chi connectivity index (χ1n) is 14.4. The third-order valence-corrected chi connectivity index (χ3v) is 8.37. The van der Waals surface area contributed by atoms with E-state index in [0.717, 1.165) is 17.6 Å². The molecule has 6 rings (SSSR count). The monoisotopic (exact) mass is 612 g/mol. The minimum absolute atomic E-state index is 0.0272. The van der Waals surface area contributed by atoms with Gasteiger partial charge in [-0.3, -0.25) is 35.1 Å². The number of hydrazone groups is 1. The molecule has 2 fully saturated rings. The van der Waals surface area contributed by atoms with Crippen molar-refractivity contribution >= 4 is 40.4 Å². The molecular weight excluding hydrogens is 584 g/mol. The topological polar surface area (TPSA) is 175 Å². The number of carbonyl (C=O) groups excluding carboxylic acids is 1. The number of allylic oxidation sites excluding steroid dienone is 1. The fraction of sp³-hybridized carbons (Fsp3) is 0.290. The van der Waals surface area contributed by atoms with Crippen LogP contribution in [-0.4, -0.2) is 57.7 Å². The standard InChI is InChI=1S/C31H28N6O8/c38-31(23-8-13-27(28(19-23)37(43)44)33-14-16-45-17-15-33)34-30(21-6-11-25(12-7-21)36(41)42)26-3-1-2-22(29(26)32-34)18-20-4-9-24(10-5-20)35(39)40/h4-13,18-19,26,30H,1-3,14-17H2/b22-18-/t26-,30+/m0/s1. The molecule has 3 aromatic rings. The predicted octanol–water partition coefficient (Wildman–Crippen LogP) is 5.68. The highest BCUT2D eigenvalue weighted by atomic mass is 16.6. The maximum absolute atomic E-state index is 14.1. The zero-order valence-corrected chi connectivity index (χ0v) is 24.0. The van der Waals surface area contributed by atoms with Gasteiger partial charge in [0.2, 0.25) is 0 Å². The van der Waals surface area contributed by atoms with Crippen molar-refractivity contribution in [1.82, 2.24) is 5.01 Å². The van der Waals surface area contributed by atoms with Crippen LogP contribution >= 0.6 is 0 Å². The summed E-state index contributed by atoms with van der Waals surface area (Å²) in [6.45, 7) is 1.86. The van der Waals surface area contributed by atoms with Gasteiger partial charge in [-0.05, 0) is 66.3 Å². The van der Waals surface area contributed by atoms with E-state index in [4.69, 9.17) is 9.84 Å². The van der Waals surface area contributed by atoms with Gasteiger partial charge in [-0.1, -0.05) is 12.1 Å². The summed E-state index contributed by atoms with van der Waals surface area (Å²) in [5, 5.41) is 40.7. The summed E-state index contributed by atoms with van der Waals surface area (Å²) in [6.07, 6.45) is 4.05. The van der Waals surface area contributed by atoms with Crippen LogP contribution in [0.2, 0.25) is 0 Å². The fourth-order valence-corrected chi connectivity index (χ4v) is 6.19. The highest BCUT2D eigenvalue weighted by Crippen LogP contribution is 2.45. The quantitative estimate of drug-likeness (QED) is 0.240. The molecule has 2 atom stereocenters. The van der Waals surface area contributed by atoms with Crippen molar-refractivity contribution in [3.8, 4) is 0 Å². The van der Waals surface area contributed by atoms with Crippen LogP contribution in [0, 0.1) is 36.3 Å². The summed E-state index contributed by atoms with van der Waals surface area (Å²) in [5.74, 6) is -0.775. The Balaban J connectivity index is 1.40. The van der Waals surface area contributed by atoms with Gasteiger partial charge in [0, 0.05) is 54.9 Å². The number of hydrogen-bond donors (Lipinski definition) is 0. The molecule has 1 saturated carbocycles. The van der Waals surface area contributed by atoms with Gasteiger partial charge in [-0.2, -0.15) is 5.10 Å². The molecule has 1 aliphatic carbocycles. The van der Waals surface area contributed by atoms with Crippen LogP contribution in [0.25, 0.3) is 6.08 Å². The number of amides is 1. The van der Waals surface area contributed by atoms with Gasteiger partial charge < -0.3 is 9.64 Å². The van der Waals surface area contributed by atoms with E-state index in [9.17, 15) is 35.1 Å². The van der Waals surface area contributed by atoms with Crippen LogP contribution in [0.5, 0.6) is 0 Å². The van der Waals surface area contributed by atoms with Gasteiger partial charge in [-0.15, -0.1) is 0 Å². The Hall–Kier alpha value is -5.50. The lowest BCUT2D eigenvalue weighted by Crippen LogP contribution is -2.36. The van der Waals surface area contributed by atoms with E-state index >= 15 is 0 Å². The molecule has 3 aromatic carbocycles. The molecule has 14 nitrogen and oxygen atoms in total. The lowest BCUT2D eigenvalue weighted by Gasteiger charge is -2.30. The van der Waals surface area contributed by atoms with Crippen LogP contribution in [0.1, 0.15) is 46.8 Å². The highest BCUT2D eigenvalue weighted by Gasteiger charge is 2.44. The second-order valence-corrected chi connectivity index (χ2v) is 11.0. The number of fused-ring (bicyclic) bond motifs is 1. The summed E-state index contributed by atoms with van der Waals surface area (Å²) in [4.78, 5) is 49.1. The van der Waals surface area contributed by atoms with Gasteiger partial charge in [0.1, 0.15) is 5.69 Å². The molecule has 3 aliphatic rings. The van der Waals surface area contributed by atoms with Crippen molar-refractivity contribution in [3.05, 3.63) is 119 Å². The van der Waals surface area contributed by atoms with E-state index in [1.165, 1.54) is 35.3 Å². The first kappa shape index (κ1) is 29.6. The third kappa shape index (κ3) is 5.87. The molecule has 45 heavy (non-hydrogen) atoms. The van der Waals surface area contributed by atoms with E-state index in [-0.39, 0.29) is 28.5 Å². The maximum atomic E-state index is 14.1. The number of nitro benzene ring substituents is 3. The van der Waals surface area contributed by atoms with Crippen molar-refractivity contribution in [1.29, 1.82) is 0 Å². The number of nitrogens with zero attached hydrogens (tertiary/aromatic N) is 6. The number of morpholine rings is 1.